The maximum absolute atomic E-state index is 10.5. The van der Waals surface area contributed by atoms with Gasteiger partial charge in [-0.2, -0.15) is 0 Å². The molecule has 1 aromatic carbocycles. The minimum Gasteiger partial charge on any atom is -0.504 e. The fourth-order valence-electron chi connectivity index (χ4n) is 3.29. The van der Waals surface area contributed by atoms with Gasteiger partial charge in [-0.1, -0.05) is 43.6 Å². The second-order valence-electron chi connectivity index (χ2n) is 8.00. The lowest BCUT2D eigenvalue weighted by molar-refractivity contribution is 0.314. The first kappa shape index (κ1) is 23.9. The molecule has 1 aromatic rings. The quantitative estimate of drug-likeness (QED) is 0.336. The second-order valence-corrected chi connectivity index (χ2v) is 8.00. The predicted molar refractivity (Wildman–Crippen MR) is 117 cm³/mol. The van der Waals surface area contributed by atoms with Crippen LogP contribution < -0.4 is 9.47 Å². The normalized spacial score (nSPS) is 12.6. The van der Waals surface area contributed by atoms with E-state index in [1.54, 1.807) is 6.92 Å². The molecule has 0 unspecified atom stereocenters. The molecule has 0 aliphatic rings. The van der Waals surface area contributed by atoms with Gasteiger partial charge in [0.05, 0.1) is 14.2 Å². The zero-order valence-corrected chi connectivity index (χ0v) is 18.7. The highest BCUT2D eigenvalue weighted by atomic mass is 16.5. The van der Waals surface area contributed by atoms with Crippen molar-refractivity contribution in [2.45, 2.75) is 73.1 Å². The summed E-state index contributed by atoms with van der Waals surface area (Å²) in [4.78, 5) is 0. The van der Waals surface area contributed by atoms with Crippen molar-refractivity contribution in [3.8, 4) is 23.0 Å². The van der Waals surface area contributed by atoms with Crippen LogP contribution in [-0.4, -0.2) is 24.4 Å². The van der Waals surface area contributed by atoms with Crippen LogP contribution in [0, 0.1) is 12.8 Å². The van der Waals surface area contributed by atoms with Crippen LogP contribution in [0.3, 0.4) is 0 Å². The van der Waals surface area contributed by atoms with Crippen molar-refractivity contribution in [2.75, 3.05) is 14.2 Å². The minimum atomic E-state index is 0.0122. The van der Waals surface area contributed by atoms with Crippen LogP contribution >= 0.6 is 0 Å². The van der Waals surface area contributed by atoms with E-state index in [1.165, 1.54) is 44.6 Å². The van der Waals surface area contributed by atoms with Gasteiger partial charge in [-0.3, -0.25) is 0 Å². The lowest BCUT2D eigenvalue weighted by Crippen LogP contribution is -1.98. The van der Waals surface area contributed by atoms with E-state index in [1.807, 2.05) is 0 Å². The number of hydrogen-bond acceptors (Lipinski definition) is 4. The molecule has 28 heavy (non-hydrogen) atoms. The fourth-order valence-corrected chi connectivity index (χ4v) is 3.29. The molecule has 0 aromatic heterocycles. The number of hydrogen-bond donors (Lipinski definition) is 2. The average Bonchev–Trinajstić information content (AvgIpc) is 2.64. The van der Waals surface area contributed by atoms with Gasteiger partial charge in [0, 0.05) is 11.1 Å². The largest absolute Gasteiger partial charge is 0.504 e. The van der Waals surface area contributed by atoms with Crippen LogP contribution in [-0.2, 0) is 6.42 Å². The van der Waals surface area contributed by atoms with Gasteiger partial charge in [0.15, 0.2) is 11.5 Å². The van der Waals surface area contributed by atoms with E-state index in [9.17, 15) is 10.2 Å². The number of aromatic hydroxyl groups is 2. The topological polar surface area (TPSA) is 58.9 Å². The monoisotopic (exact) mass is 390 g/mol. The number of ether oxygens (including phenoxy) is 2. The highest BCUT2D eigenvalue weighted by molar-refractivity contribution is 5.66. The van der Waals surface area contributed by atoms with Crippen molar-refractivity contribution < 1.29 is 19.7 Å². The first-order valence-corrected chi connectivity index (χ1v) is 10.2. The van der Waals surface area contributed by atoms with E-state index >= 15 is 0 Å². The molecule has 4 nitrogen and oxygen atoms in total. The Bertz CT molecular complexity index is 699. The van der Waals surface area contributed by atoms with Gasteiger partial charge in [-0.05, 0) is 58.8 Å². The lowest BCUT2D eigenvalue weighted by Gasteiger charge is -2.17. The third kappa shape index (κ3) is 6.81. The number of phenolic OH excluding ortho intramolecular Hbond substituents is 2. The summed E-state index contributed by atoms with van der Waals surface area (Å²) in [6.45, 7) is 10.6. The van der Waals surface area contributed by atoms with Crippen molar-refractivity contribution in [3.63, 3.8) is 0 Å². The molecule has 1 rings (SSSR count). The van der Waals surface area contributed by atoms with Crippen molar-refractivity contribution in [1.29, 1.82) is 0 Å². The molecule has 158 valence electrons. The van der Waals surface area contributed by atoms with Crippen LogP contribution in [0.2, 0.25) is 0 Å². The Kier molecular flexibility index (Phi) is 9.98. The van der Waals surface area contributed by atoms with Crippen LogP contribution in [0.4, 0.5) is 0 Å². The number of allylic oxidation sites excluding steroid dienone is 4. The van der Waals surface area contributed by atoms with Crippen LogP contribution in [0.25, 0.3) is 0 Å². The van der Waals surface area contributed by atoms with Crippen molar-refractivity contribution in [1.82, 2.24) is 0 Å². The Hall–Kier alpha value is -2.10. The molecule has 0 spiro atoms. The van der Waals surface area contributed by atoms with Gasteiger partial charge in [-0.25, -0.2) is 0 Å². The Balaban J connectivity index is 2.74. The third-order valence-electron chi connectivity index (χ3n) is 5.18. The van der Waals surface area contributed by atoms with E-state index in [0.717, 1.165) is 18.8 Å². The van der Waals surface area contributed by atoms with Crippen molar-refractivity contribution in [3.05, 3.63) is 34.4 Å². The fraction of sp³-hybridized carbons (Fsp3) is 0.583. The van der Waals surface area contributed by atoms with Gasteiger partial charge in [0.2, 0.25) is 11.5 Å². The number of rotatable bonds is 11. The summed E-state index contributed by atoms with van der Waals surface area (Å²) in [5.74, 6) is 1.15. The Morgan fingerprint density at radius 3 is 2.07 bits per heavy atom. The molecule has 0 saturated carbocycles. The predicted octanol–water partition coefficient (Wildman–Crippen LogP) is 6.47. The molecule has 0 fully saturated rings. The first-order chi connectivity index (χ1) is 13.2. The van der Waals surface area contributed by atoms with Gasteiger partial charge in [-0.15, -0.1) is 0 Å². The number of phenols is 2. The highest BCUT2D eigenvalue weighted by Gasteiger charge is 2.22. The van der Waals surface area contributed by atoms with Crippen LogP contribution in [0.5, 0.6) is 23.0 Å². The maximum Gasteiger partial charge on any atom is 0.207 e. The van der Waals surface area contributed by atoms with E-state index in [4.69, 9.17) is 9.47 Å². The highest BCUT2D eigenvalue weighted by Crippen LogP contribution is 2.48. The second kappa shape index (κ2) is 11.7. The summed E-state index contributed by atoms with van der Waals surface area (Å²) in [7, 11) is 2.89. The molecule has 2 N–H and O–H groups in total. The number of benzene rings is 1. The SMILES string of the molecule is COc1c(O)c(C)c(C/C=C(/C)CC/C=C(/C)CCCC(C)C)c(O)c1OC. The molecule has 0 atom stereocenters. The molecule has 0 saturated heterocycles. The maximum atomic E-state index is 10.5. The Labute approximate surface area is 170 Å². The van der Waals surface area contributed by atoms with Gasteiger partial charge < -0.3 is 19.7 Å². The molecule has 0 heterocycles. The average molecular weight is 391 g/mol. The summed E-state index contributed by atoms with van der Waals surface area (Å²) in [5.41, 5.74) is 4.00. The summed E-state index contributed by atoms with van der Waals surface area (Å²) >= 11 is 0. The Morgan fingerprint density at radius 2 is 1.50 bits per heavy atom. The first-order valence-electron chi connectivity index (χ1n) is 10.2. The molecular weight excluding hydrogens is 352 g/mol. The molecule has 0 bridgehead atoms. The van der Waals surface area contributed by atoms with Gasteiger partial charge in [0.25, 0.3) is 0 Å². The lowest BCUT2D eigenvalue weighted by atomic mass is 9.99. The van der Waals surface area contributed by atoms with Crippen molar-refractivity contribution >= 4 is 0 Å². The van der Waals surface area contributed by atoms with E-state index in [-0.39, 0.29) is 23.0 Å². The molecule has 0 aliphatic heterocycles. The summed E-state index contributed by atoms with van der Waals surface area (Å²) in [6.07, 6.45) is 10.7. The van der Waals surface area contributed by atoms with E-state index < -0.39 is 0 Å². The molecule has 0 radical (unpaired) electrons. The van der Waals surface area contributed by atoms with Gasteiger partial charge in [0.1, 0.15) is 0 Å². The smallest absolute Gasteiger partial charge is 0.207 e. The zero-order valence-electron chi connectivity index (χ0n) is 18.7. The molecule has 0 amide bonds. The molecular formula is C24H38O4. The standard InChI is InChI=1S/C24H38O4/c1-16(2)10-8-11-17(3)12-9-13-18(4)14-15-20-19(5)21(25)23(27-6)24(28-7)22(20)26/h12,14,16,25-26H,8-11,13,15H2,1-7H3/b17-12-,18-14-. The molecule has 4 heteroatoms. The van der Waals surface area contributed by atoms with Crippen molar-refractivity contribution in [2.24, 2.45) is 5.92 Å². The minimum absolute atomic E-state index is 0.0122. The van der Waals surface area contributed by atoms with E-state index in [0.29, 0.717) is 17.5 Å². The Morgan fingerprint density at radius 1 is 0.929 bits per heavy atom. The summed E-state index contributed by atoms with van der Waals surface area (Å²) in [6, 6.07) is 0. The molecule has 0 aliphatic carbocycles. The van der Waals surface area contributed by atoms with E-state index in [2.05, 4.69) is 39.8 Å². The zero-order chi connectivity index (χ0) is 21.3. The van der Waals surface area contributed by atoms with Gasteiger partial charge >= 0.3 is 0 Å². The summed E-state index contributed by atoms with van der Waals surface area (Å²) < 4.78 is 10.4. The van der Waals surface area contributed by atoms with Crippen LogP contribution in [0.15, 0.2) is 23.3 Å². The van der Waals surface area contributed by atoms with Crippen LogP contribution in [0.1, 0.15) is 70.9 Å². The summed E-state index contributed by atoms with van der Waals surface area (Å²) in [5, 5.41) is 20.9. The third-order valence-corrected chi connectivity index (χ3v) is 5.18. The number of methoxy groups -OCH3 is 2.